The van der Waals surface area contributed by atoms with Gasteiger partial charge in [-0.2, -0.15) is 0 Å². The van der Waals surface area contributed by atoms with Crippen LogP contribution >= 0.6 is 0 Å². The average Bonchev–Trinajstić information content (AvgIpc) is 2.18. The molecule has 0 aromatic heterocycles. The number of aliphatic carboxylic acids is 1. The van der Waals surface area contributed by atoms with Crippen molar-refractivity contribution in [3.05, 3.63) is 29.8 Å². The number of carboxylic acid groups (broad SMARTS) is 1. The molecule has 4 nitrogen and oxygen atoms in total. The van der Waals surface area contributed by atoms with E-state index in [1.54, 1.807) is 24.3 Å². The molecule has 0 unspecified atom stereocenters. The van der Waals surface area contributed by atoms with Crippen LogP contribution in [-0.4, -0.2) is 22.3 Å². The van der Waals surface area contributed by atoms with Crippen LogP contribution in [0.5, 0.6) is 5.75 Å². The smallest absolute Gasteiger partial charge is 0.344 e. The van der Waals surface area contributed by atoms with Crippen LogP contribution in [0.15, 0.2) is 24.3 Å². The lowest BCUT2D eigenvalue weighted by Crippen LogP contribution is -2.22. The largest absolute Gasteiger partial charge is 0.479 e. The van der Waals surface area contributed by atoms with Crippen molar-refractivity contribution in [3.8, 4) is 5.75 Å². The first-order chi connectivity index (χ1) is 6.63. The van der Waals surface area contributed by atoms with Gasteiger partial charge in [0.25, 0.3) is 0 Å². The molecule has 76 valence electrons. The highest BCUT2D eigenvalue weighted by molar-refractivity contribution is 5.72. The summed E-state index contributed by atoms with van der Waals surface area (Å²) < 4.78 is 5.11. The van der Waals surface area contributed by atoms with Crippen LogP contribution in [0.2, 0.25) is 0 Å². The van der Waals surface area contributed by atoms with Gasteiger partial charge in [-0.1, -0.05) is 12.1 Å². The molecule has 0 amide bonds. The predicted octanol–water partition coefficient (Wildman–Crippen LogP) is 1.03. The van der Waals surface area contributed by atoms with Gasteiger partial charge in [0.1, 0.15) is 5.75 Å². The molecular weight excluding hydrogens is 184 g/mol. The van der Waals surface area contributed by atoms with E-state index in [2.05, 4.69) is 0 Å². The zero-order valence-corrected chi connectivity index (χ0v) is 7.80. The fourth-order valence-electron chi connectivity index (χ4n) is 0.972. The molecular formula is C10H12O4. The Morgan fingerprint density at radius 3 is 2.86 bits per heavy atom. The van der Waals surface area contributed by atoms with Crippen molar-refractivity contribution in [2.75, 3.05) is 0 Å². The number of carboxylic acids is 1. The molecule has 0 fully saturated rings. The third kappa shape index (κ3) is 2.74. The highest BCUT2D eigenvalue weighted by Crippen LogP contribution is 2.14. The summed E-state index contributed by atoms with van der Waals surface area (Å²) in [5, 5.41) is 17.4. The molecule has 0 spiro atoms. The molecule has 1 aromatic carbocycles. The SMILES string of the molecule is C[C@@H](Oc1cccc(CO)c1)C(=O)O. The van der Waals surface area contributed by atoms with Crippen molar-refractivity contribution in [2.45, 2.75) is 19.6 Å². The fraction of sp³-hybridized carbons (Fsp3) is 0.300. The van der Waals surface area contributed by atoms with Gasteiger partial charge in [-0.25, -0.2) is 4.79 Å². The van der Waals surface area contributed by atoms with Gasteiger partial charge >= 0.3 is 5.97 Å². The van der Waals surface area contributed by atoms with E-state index in [-0.39, 0.29) is 6.61 Å². The maximum Gasteiger partial charge on any atom is 0.344 e. The molecule has 0 saturated heterocycles. The van der Waals surface area contributed by atoms with Crippen molar-refractivity contribution in [1.29, 1.82) is 0 Å². The molecule has 1 aromatic rings. The maximum atomic E-state index is 10.5. The lowest BCUT2D eigenvalue weighted by molar-refractivity contribution is -0.144. The predicted molar refractivity (Wildman–Crippen MR) is 50.1 cm³/mol. The van der Waals surface area contributed by atoms with Crippen molar-refractivity contribution >= 4 is 5.97 Å². The van der Waals surface area contributed by atoms with Gasteiger partial charge in [-0.15, -0.1) is 0 Å². The van der Waals surface area contributed by atoms with Crippen LogP contribution in [0.4, 0.5) is 0 Å². The molecule has 14 heavy (non-hydrogen) atoms. The Balaban J connectivity index is 2.71. The van der Waals surface area contributed by atoms with E-state index < -0.39 is 12.1 Å². The van der Waals surface area contributed by atoms with E-state index in [1.807, 2.05) is 0 Å². The van der Waals surface area contributed by atoms with E-state index in [4.69, 9.17) is 14.9 Å². The van der Waals surface area contributed by atoms with Crippen LogP contribution < -0.4 is 4.74 Å². The Morgan fingerprint density at radius 2 is 2.29 bits per heavy atom. The first-order valence-corrected chi connectivity index (χ1v) is 4.22. The molecule has 2 N–H and O–H groups in total. The van der Waals surface area contributed by atoms with Crippen LogP contribution in [0.1, 0.15) is 12.5 Å². The molecule has 0 saturated carbocycles. The van der Waals surface area contributed by atoms with Crippen LogP contribution in [-0.2, 0) is 11.4 Å². The minimum atomic E-state index is -1.01. The fourth-order valence-corrected chi connectivity index (χ4v) is 0.972. The van der Waals surface area contributed by atoms with Gasteiger partial charge in [0, 0.05) is 0 Å². The van der Waals surface area contributed by atoms with Gasteiger partial charge in [0.05, 0.1) is 6.61 Å². The molecule has 1 rings (SSSR count). The summed E-state index contributed by atoms with van der Waals surface area (Å²) >= 11 is 0. The molecule has 0 bridgehead atoms. The van der Waals surface area contributed by atoms with E-state index in [1.165, 1.54) is 6.92 Å². The molecule has 0 heterocycles. The standard InChI is InChI=1S/C10H12O4/c1-7(10(12)13)14-9-4-2-3-8(5-9)6-11/h2-5,7,11H,6H2,1H3,(H,12,13)/t7-/m1/s1. The summed E-state index contributed by atoms with van der Waals surface area (Å²) in [6.07, 6.45) is -0.885. The number of rotatable bonds is 4. The first-order valence-electron chi connectivity index (χ1n) is 4.22. The van der Waals surface area contributed by atoms with Crippen LogP contribution in [0, 0.1) is 0 Å². The number of carbonyl (C=O) groups is 1. The molecule has 0 aliphatic heterocycles. The third-order valence-electron chi connectivity index (χ3n) is 1.74. The maximum absolute atomic E-state index is 10.5. The second kappa shape index (κ2) is 4.62. The van der Waals surface area contributed by atoms with Crippen LogP contribution in [0.3, 0.4) is 0 Å². The molecule has 0 radical (unpaired) electrons. The summed E-state index contributed by atoms with van der Waals surface area (Å²) in [6.45, 7) is 1.37. The minimum Gasteiger partial charge on any atom is -0.479 e. The number of hydrogen-bond acceptors (Lipinski definition) is 3. The van der Waals surface area contributed by atoms with E-state index in [9.17, 15) is 4.79 Å². The van der Waals surface area contributed by atoms with Gasteiger partial charge in [-0.05, 0) is 24.6 Å². The monoisotopic (exact) mass is 196 g/mol. The summed E-state index contributed by atoms with van der Waals surface area (Å²) in [7, 11) is 0. The lowest BCUT2D eigenvalue weighted by atomic mass is 10.2. The molecule has 0 aliphatic carbocycles. The van der Waals surface area contributed by atoms with Crippen molar-refractivity contribution in [2.24, 2.45) is 0 Å². The Hall–Kier alpha value is -1.55. The zero-order valence-electron chi connectivity index (χ0n) is 7.80. The second-order valence-corrected chi connectivity index (χ2v) is 2.90. The molecule has 0 aliphatic rings. The average molecular weight is 196 g/mol. The molecule has 1 atom stereocenters. The number of aliphatic hydroxyl groups excluding tert-OH is 1. The Labute approximate surface area is 81.8 Å². The Bertz CT molecular complexity index is 322. The summed E-state index contributed by atoms with van der Waals surface area (Å²) in [5.41, 5.74) is 0.695. The minimum absolute atomic E-state index is 0.0847. The van der Waals surface area contributed by atoms with E-state index in [0.29, 0.717) is 11.3 Å². The van der Waals surface area contributed by atoms with Crippen molar-refractivity contribution in [3.63, 3.8) is 0 Å². The Kier molecular flexibility index (Phi) is 3.48. The summed E-state index contributed by atoms with van der Waals surface area (Å²) in [5.74, 6) is -0.564. The second-order valence-electron chi connectivity index (χ2n) is 2.90. The summed E-state index contributed by atoms with van der Waals surface area (Å²) in [6, 6.07) is 6.70. The summed E-state index contributed by atoms with van der Waals surface area (Å²) in [4.78, 5) is 10.5. The van der Waals surface area contributed by atoms with Gasteiger partial charge in [0.15, 0.2) is 6.10 Å². The topological polar surface area (TPSA) is 66.8 Å². The third-order valence-corrected chi connectivity index (χ3v) is 1.74. The van der Waals surface area contributed by atoms with Gasteiger partial charge in [-0.3, -0.25) is 0 Å². The van der Waals surface area contributed by atoms with Crippen molar-refractivity contribution in [1.82, 2.24) is 0 Å². The highest BCUT2D eigenvalue weighted by atomic mass is 16.5. The number of benzene rings is 1. The number of ether oxygens (including phenoxy) is 1. The lowest BCUT2D eigenvalue weighted by Gasteiger charge is -2.10. The van der Waals surface area contributed by atoms with Crippen molar-refractivity contribution < 1.29 is 19.7 Å². The van der Waals surface area contributed by atoms with Crippen LogP contribution in [0.25, 0.3) is 0 Å². The van der Waals surface area contributed by atoms with Gasteiger partial charge in [0.2, 0.25) is 0 Å². The first kappa shape index (κ1) is 10.5. The number of hydrogen-bond donors (Lipinski definition) is 2. The quantitative estimate of drug-likeness (QED) is 0.754. The molecule has 4 heteroatoms. The highest BCUT2D eigenvalue weighted by Gasteiger charge is 2.11. The Morgan fingerprint density at radius 1 is 1.57 bits per heavy atom. The number of aliphatic hydroxyl groups is 1. The normalized spacial score (nSPS) is 12.1. The van der Waals surface area contributed by atoms with Gasteiger partial charge < -0.3 is 14.9 Å². The van der Waals surface area contributed by atoms with E-state index in [0.717, 1.165) is 0 Å². The van der Waals surface area contributed by atoms with E-state index >= 15 is 0 Å². The zero-order chi connectivity index (χ0) is 10.6.